The highest BCUT2D eigenvalue weighted by Gasteiger charge is 2.26. The molecule has 1 aliphatic heterocycles. The highest BCUT2D eigenvalue weighted by Crippen LogP contribution is 2.29. The van der Waals surface area contributed by atoms with Crippen molar-refractivity contribution in [1.82, 2.24) is 4.90 Å². The van der Waals surface area contributed by atoms with Gasteiger partial charge in [-0.1, -0.05) is 32.9 Å². The summed E-state index contributed by atoms with van der Waals surface area (Å²) in [7, 11) is 0. The Morgan fingerprint density at radius 2 is 1.81 bits per heavy atom. The lowest BCUT2D eigenvalue weighted by Gasteiger charge is -2.24. The second-order valence-electron chi connectivity index (χ2n) is 7.86. The lowest BCUT2D eigenvalue weighted by Crippen LogP contribution is -2.25. The maximum atomic E-state index is 9.74. The van der Waals surface area contributed by atoms with Gasteiger partial charge in [-0.3, -0.25) is 4.90 Å². The van der Waals surface area contributed by atoms with E-state index in [4.69, 9.17) is 0 Å². The Kier molecular flexibility index (Phi) is 4.79. The van der Waals surface area contributed by atoms with Crippen molar-refractivity contribution in [3.8, 4) is 0 Å². The van der Waals surface area contributed by atoms with Crippen LogP contribution >= 0.6 is 0 Å². The van der Waals surface area contributed by atoms with Gasteiger partial charge >= 0.3 is 0 Å². The number of hydrogen-bond donors (Lipinski definition) is 1. The van der Waals surface area contributed by atoms with E-state index in [1.54, 1.807) is 0 Å². The van der Waals surface area contributed by atoms with Crippen molar-refractivity contribution in [2.75, 3.05) is 13.1 Å². The molecule has 1 aromatic rings. The fourth-order valence-corrected chi connectivity index (χ4v) is 3.30. The van der Waals surface area contributed by atoms with Crippen LogP contribution in [0.5, 0.6) is 0 Å². The Hall–Kier alpha value is -0.860. The van der Waals surface area contributed by atoms with Crippen LogP contribution < -0.4 is 0 Å². The van der Waals surface area contributed by atoms with Gasteiger partial charge in [0.25, 0.3) is 0 Å². The van der Waals surface area contributed by atoms with Gasteiger partial charge in [0, 0.05) is 13.1 Å². The van der Waals surface area contributed by atoms with Gasteiger partial charge in [-0.25, -0.2) is 0 Å². The molecule has 1 heterocycles. The maximum Gasteiger partial charge on any atom is 0.0552 e. The van der Waals surface area contributed by atoms with E-state index >= 15 is 0 Å². The topological polar surface area (TPSA) is 23.5 Å². The summed E-state index contributed by atoms with van der Waals surface area (Å²) in [5.74, 6) is 0.444. The van der Waals surface area contributed by atoms with E-state index in [1.165, 1.54) is 22.3 Å². The van der Waals surface area contributed by atoms with Crippen molar-refractivity contribution in [3.05, 3.63) is 34.4 Å². The van der Waals surface area contributed by atoms with Gasteiger partial charge in [0.15, 0.2) is 0 Å². The smallest absolute Gasteiger partial charge is 0.0552 e. The molecule has 2 nitrogen and oxygen atoms in total. The number of aliphatic hydroxyl groups excluding tert-OH is 1. The zero-order valence-electron chi connectivity index (χ0n) is 14.5. The van der Waals surface area contributed by atoms with Crippen LogP contribution in [-0.4, -0.2) is 29.2 Å². The molecular weight excluding hydrogens is 258 g/mol. The van der Waals surface area contributed by atoms with Crippen LogP contribution in [0, 0.1) is 19.8 Å². The summed E-state index contributed by atoms with van der Waals surface area (Å²) < 4.78 is 0. The third-order valence-electron chi connectivity index (χ3n) is 4.93. The first kappa shape index (κ1) is 16.5. The minimum Gasteiger partial charge on any atom is -0.393 e. The fraction of sp³-hybridized carbons (Fsp3) is 0.684. The van der Waals surface area contributed by atoms with Crippen LogP contribution in [0.4, 0.5) is 0 Å². The van der Waals surface area contributed by atoms with Crippen molar-refractivity contribution in [3.63, 3.8) is 0 Å². The van der Waals surface area contributed by atoms with E-state index < -0.39 is 0 Å². The van der Waals surface area contributed by atoms with Crippen LogP contribution in [0.15, 0.2) is 12.1 Å². The Balaban J connectivity index is 2.15. The molecule has 0 amide bonds. The zero-order valence-corrected chi connectivity index (χ0v) is 14.5. The summed E-state index contributed by atoms with van der Waals surface area (Å²) in [6.07, 6.45) is 0.941. The Morgan fingerprint density at radius 1 is 1.24 bits per heavy atom. The number of likely N-dealkylation sites (tertiary alicyclic amines) is 1. The Labute approximate surface area is 130 Å². The van der Waals surface area contributed by atoms with Crippen molar-refractivity contribution in [2.45, 2.75) is 66.0 Å². The van der Waals surface area contributed by atoms with Gasteiger partial charge < -0.3 is 5.11 Å². The molecule has 0 aromatic heterocycles. The van der Waals surface area contributed by atoms with Gasteiger partial charge in [-0.2, -0.15) is 0 Å². The number of rotatable bonds is 3. The number of benzene rings is 1. The second-order valence-corrected chi connectivity index (χ2v) is 7.86. The van der Waals surface area contributed by atoms with E-state index in [2.05, 4.69) is 51.7 Å². The standard InChI is InChI=1S/C19H31NO/c1-13-9-17(19(4,5)6)10-14(2)18(13)12-20-8-7-16(11-20)15(3)21/h9-10,15-16,21H,7-8,11-12H2,1-6H3. The summed E-state index contributed by atoms with van der Waals surface area (Å²) in [5.41, 5.74) is 5.90. The average Bonchev–Trinajstić information content (AvgIpc) is 2.81. The third kappa shape index (κ3) is 3.87. The lowest BCUT2D eigenvalue weighted by atomic mass is 9.84. The van der Waals surface area contributed by atoms with Crippen LogP contribution in [-0.2, 0) is 12.0 Å². The first-order chi connectivity index (χ1) is 9.68. The molecule has 1 aromatic carbocycles. The Morgan fingerprint density at radius 3 is 2.24 bits per heavy atom. The molecule has 0 bridgehead atoms. The van der Waals surface area contributed by atoms with Gasteiger partial charge in [0.2, 0.25) is 0 Å². The number of aliphatic hydroxyl groups is 1. The minimum atomic E-state index is -0.180. The van der Waals surface area contributed by atoms with Gasteiger partial charge in [-0.05, 0) is 67.3 Å². The summed E-state index contributed by atoms with van der Waals surface area (Å²) in [4.78, 5) is 2.49. The molecule has 0 radical (unpaired) electrons. The second kappa shape index (κ2) is 6.10. The summed E-state index contributed by atoms with van der Waals surface area (Å²) >= 11 is 0. The van der Waals surface area contributed by atoms with E-state index in [1.807, 2.05) is 6.92 Å². The summed E-state index contributed by atoms with van der Waals surface area (Å²) in [6.45, 7) is 16.4. The van der Waals surface area contributed by atoms with Gasteiger partial charge in [-0.15, -0.1) is 0 Å². The van der Waals surface area contributed by atoms with E-state index in [-0.39, 0.29) is 11.5 Å². The van der Waals surface area contributed by atoms with E-state index in [0.29, 0.717) is 5.92 Å². The molecule has 1 saturated heterocycles. The molecule has 2 heteroatoms. The van der Waals surface area contributed by atoms with Crippen molar-refractivity contribution in [1.29, 1.82) is 0 Å². The van der Waals surface area contributed by atoms with Crippen LogP contribution in [0.3, 0.4) is 0 Å². The summed E-state index contributed by atoms with van der Waals surface area (Å²) in [6, 6.07) is 4.70. The molecule has 2 atom stereocenters. The predicted octanol–water partition coefficient (Wildman–Crippen LogP) is 3.80. The molecular formula is C19H31NO. The van der Waals surface area contributed by atoms with E-state index in [0.717, 1.165) is 26.1 Å². The molecule has 1 N–H and O–H groups in total. The summed E-state index contributed by atoms with van der Waals surface area (Å²) in [5, 5.41) is 9.74. The molecule has 118 valence electrons. The monoisotopic (exact) mass is 289 g/mol. The average molecular weight is 289 g/mol. The van der Waals surface area contributed by atoms with Gasteiger partial charge in [0.05, 0.1) is 6.10 Å². The molecule has 0 aliphatic carbocycles. The fourth-order valence-electron chi connectivity index (χ4n) is 3.30. The van der Waals surface area contributed by atoms with Crippen LogP contribution in [0.25, 0.3) is 0 Å². The quantitative estimate of drug-likeness (QED) is 0.915. The number of hydrogen-bond acceptors (Lipinski definition) is 2. The Bertz CT molecular complexity index is 476. The van der Waals surface area contributed by atoms with Crippen LogP contribution in [0.2, 0.25) is 0 Å². The van der Waals surface area contributed by atoms with Crippen LogP contribution in [0.1, 0.15) is 56.4 Å². The molecule has 2 unspecified atom stereocenters. The largest absolute Gasteiger partial charge is 0.393 e. The molecule has 21 heavy (non-hydrogen) atoms. The molecule has 1 fully saturated rings. The first-order valence-electron chi connectivity index (χ1n) is 8.19. The van der Waals surface area contributed by atoms with E-state index in [9.17, 15) is 5.11 Å². The SMILES string of the molecule is Cc1cc(C(C)(C)C)cc(C)c1CN1CCC(C(C)O)C1. The highest BCUT2D eigenvalue weighted by molar-refractivity contribution is 5.40. The molecule has 0 spiro atoms. The molecule has 2 rings (SSSR count). The predicted molar refractivity (Wildman–Crippen MR) is 89.7 cm³/mol. The number of aryl methyl sites for hydroxylation is 2. The molecule has 1 aliphatic rings. The normalized spacial score (nSPS) is 21.8. The zero-order chi connectivity index (χ0) is 15.8. The number of nitrogens with zero attached hydrogens (tertiary/aromatic N) is 1. The third-order valence-corrected chi connectivity index (χ3v) is 4.93. The molecule has 0 saturated carbocycles. The first-order valence-corrected chi connectivity index (χ1v) is 8.19. The van der Waals surface area contributed by atoms with Crippen molar-refractivity contribution >= 4 is 0 Å². The lowest BCUT2D eigenvalue weighted by molar-refractivity contribution is 0.127. The minimum absolute atomic E-state index is 0.180. The maximum absolute atomic E-state index is 9.74. The highest BCUT2D eigenvalue weighted by atomic mass is 16.3. The van der Waals surface area contributed by atoms with Gasteiger partial charge in [0.1, 0.15) is 0 Å². The van der Waals surface area contributed by atoms with Crippen molar-refractivity contribution < 1.29 is 5.11 Å². The van der Waals surface area contributed by atoms with Crippen molar-refractivity contribution in [2.24, 2.45) is 5.92 Å².